The standard InChI is InChI=1S/C23H31NO3/c1-17(2)12-14-26-21-10-8-20(9-11-21)24-23(25)19-6-5-7-22(16-19)27-15-13-18(3)4/h5-11,16-18H,12-15H2,1-4H3,(H,24,25). The number of rotatable bonds is 10. The average Bonchev–Trinajstić information content (AvgIpc) is 2.63. The van der Waals surface area contributed by atoms with Gasteiger partial charge in [-0.2, -0.15) is 0 Å². The van der Waals surface area contributed by atoms with Crippen molar-refractivity contribution in [2.24, 2.45) is 11.8 Å². The maximum absolute atomic E-state index is 12.5. The van der Waals surface area contributed by atoms with Gasteiger partial charge in [0.1, 0.15) is 11.5 Å². The number of benzene rings is 2. The van der Waals surface area contributed by atoms with Crippen LogP contribution in [0, 0.1) is 11.8 Å². The van der Waals surface area contributed by atoms with Gasteiger partial charge in [-0.3, -0.25) is 4.79 Å². The molecule has 2 aromatic carbocycles. The van der Waals surface area contributed by atoms with Crippen molar-refractivity contribution in [2.75, 3.05) is 18.5 Å². The van der Waals surface area contributed by atoms with Crippen molar-refractivity contribution in [3.05, 3.63) is 54.1 Å². The zero-order chi connectivity index (χ0) is 19.6. The third kappa shape index (κ3) is 7.73. The summed E-state index contributed by atoms with van der Waals surface area (Å²) in [5.41, 5.74) is 1.32. The summed E-state index contributed by atoms with van der Waals surface area (Å²) in [7, 11) is 0. The van der Waals surface area contributed by atoms with Gasteiger partial charge in [0.25, 0.3) is 5.91 Å². The molecule has 0 atom stereocenters. The van der Waals surface area contributed by atoms with Crippen LogP contribution in [0.1, 0.15) is 50.9 Å². The van der Waals surface area contributed by atoms with E-state index in [2.05, 4.69) is 33.0 Å². The van der Waals surface area contributed by atoms with Crippen LogP contribution in [0.4, 0.5) is 5.69 Å². The van der Waals surface area contributed by atoms with E-state index in [0.717, 1.165) is 30.0 Å². The highest BCUT2D eigenvalue weighted by atomic mass is 16.5. The Bertz CT molecular complexity index is 708. The maximum atomic E-state index is 12.5. The van der Waals surface area contributed by atoms with Crippen LogP contribution < -0.4 is 14.8 Å². The highest BCUT2D eigenvalue weighted by Gasteiger charge is 2.08. The summed E-state index contributed by atoms with van der Waals surface area (Å²) in [6, 6.07) is 14.7. The Morgan fingerprint density at radius 1 is 0.852 bits per heavy atom. The second-order valence-corrected chi connectivity index (χ2v) is 7.57. The van der Waals surface area contributed by atoms with Crippen LogP contribution in [0.15, 0.2) is 48.5 Å². The molecule has 0 aliphatic heterocycles. The number of amides is 1. The van der Waals surface area contributed by atoms with Crippen molar-refractivity contribution in [1.82, 2.24) is 0 Å². The smallest absolute Gasteiger partial charge is 0.255 e. The molecule has 0 spiro atoms. The molecule has 0 heterocycles. The minimum absolute atomic E-state index is 0.155. The molecule has 0 aromatic heterocycles. The molecule has 0 saturated carbocycles. The monoisotopic (exact) mass is 369 g/mol. The topological polar surface area (TPSA) is 47.6 Å². The van der Waals surface area contributed by atoms with Crippen LogP contribution in [0.3, 0.4) is 0 Å². The van der Waals surface area contributed by atoms with Crippen molar-refractivity contribution in [3.8, 4) is 11.5 Å². The molecule has 0 bridgehead atoms. The van der Waals surface area contributed by atoms with E-state index in [1.807, 2.05) is 36.4 Å². The molecule has 1 N–H and O–H groups in total. The predicted octanol–water partition coefficient (Wildman–Crippen LogP) is 5.79. The number of carbonyl (C=O) groups is 1. The van der Waals surface area contributed by atoms with Gasteiger partial charge in [-0.15, -0.1) is 0 Å². The van der Waals surface area contributed by atoms with Crippen molar-refractivity contribution < 1.29 is 14.3 Å². The number of hydrogen-bond donors (Lipinski definition) is 1. The van der Waals surface area contributed by atoms with Crippen molar-refractivity contribution >= 4 is 11.6 Å². The number of nitrogens with one attached hydrogen (secondary N) is 1. The van der Waals surface area contributed by atoms with Crippen molar-refractivity contribution in [2.45, 2.75) is 40.5 Å². The van der Waals surface area contributed by atoms with Crippen LogP contribution >= 0.6 is 0 Å². The summed E-state index contributed by atoms with van der Waals surface area (Å²) in [5.74, 6) is 2.59. The van der Waals surface area contributed by atoms with Crippen LogP contribution in [0.2, 0.25) is 0 Å². The Balaban J connectivity index is 1.89. The number of carbonyl (C=O) groups excluding carboxylic acids is 1. The van der Waals surface area contributed by atoms with Gasteiger partial charge < -0.3 is 14.8 Å². The molecule has 0 radical (unpaired) electrons. The maximum Gasteiger partial charge on any atom is 0.255 e. The lowest BCUT2D eigenvalue weighted by Gasteiger charge is -2.11. The Labute approximate surface area is 162 Å². The molecule has 27 heavy (non-hydrogen) atoms. The summed E-state index contributed by atoms with van der Waals surface area (Å²) >= 11 is 0. The minimum atomic E-state index is -0.155. The first-order valence-corrected chi connectivity index (χ1v) is 9.71. The third-order valence-corrected chi connectivity index (χ3v) is 4.14. The van der Waals surface area contributed by atoms with Gasteiger partial charge in [-0.25, -0.2) is 0 Å². The fourth-order valence-corrected chi connectivity index (χ4v) is 2.39. The molecule has 2 aromatic rings. The van der Waals surface area contributed by atoms with Gasteiger partial charge in [0, 0.05) is 11.3 Å². The Morgan fingerprint density at radius 2 is 1.44 bits per heavy atom. The fourth-order valence-electron chi connectivity index (χ4n) is 2.39. The molecule has 0 saturated heterocycles. The van der Waals surface area contributed by atoms with E-state index < -0.39 is 0 Å². The molecular formula is C23H31NO3. The van der Waals surface area contributed by atoms with E-state index in [4.69, 9.17) is 9.47 Å². The second kappa shape index (κ2) is 10.6. The lowest BCUT2D eigenvalue weighted by molar-refractivity contribution is 0.102. The van der Waals surface area contributed by atoms with Crippen molar-refractivity contribution in [1.29, 1.82) is 0 Å². The highest BCUT2D eigenvalue weighted by molar-refractivity contribution is 6.04. The van der Waals surface area contributed by atoms with Gasteiger partial charge in [0.2, 0.25) is 0 Å². The molecule has 146 valence electrons. The zero-order valence-electron chi connectivity index (χ0n) is 16.8. The molecule has 0 fully saturated rings. The normalized spacial score (nSPS) is 10.9. The first kappa shape index (κ1) is 20.8. The lowest BCUT2D eigenvalue weighted by Crippen LogP contribution is -2.12. The lowest BCUT2D eigenvalue weighted by atomic mass is 10.1. The Hall–Kier alpha value is -2.49. The number of hydrogen-bond acceptors (Lipinski definition) is 3. The third-order valence-electron chi connectivity index (χ3n) is 4.14. The summed E-state index contributed by atoms with van der Waals surface area (Å²) in [5, 5.41) is 2.91. The molecule has 0 aliphatic carbocycles. The van der Waals surface area contributed by atoms with Gasteiger partial charge in [-0.1, -0.05) is 33.8 Å². The van der Waals surface area contributed by atoms with E-state index in [1.54, 1.807) is 12.1 Å². The van der Waals surface area contributed by atoms with E-state index in [0.29, 0.717) is 30.6 Å². The highest BCUT2D eigenvalue weighted by Crippen LogP contribution is 2.19. The SMILES string of the molecule is CC(C)CCOc1ccc(NC(=O)c2cccc(OCCC(C)C)c2)cc1. The average molecular weight is 370 g/mol. The fraction of sp³-hybridized carbons (Fsp3) is 0.435. The van der Waals surface area contributed by atoms with E-state index in [9.17, 15) is 4.79 Å². The summed E-state index contributed by atoms with van der Waals surface area (Å²) in [6.07, 6.45) is 2.01. The van der Waals surface area contributed by atoms with Gasteiger partial charge in [0.15, 0.2) is 0 Å². The van der Waals surface area contributed by atoms with Crippen LogP contribution in [0.5, 0.6) is 11.5 Å². The number of anilines is 1. The molecule has 4 nitrogen and oxygen atoms in total. The molecule has 4 heteroatoms. The molecule has 1 amide bonds. The van der Waals surface area contributed by atoms with Crippen molar-refractivity contribution in [3.63, 3.8) is 0 Å². The largest absolute Gasteiger partial charge is 0.494 e. The van der Waals surface area contributed by atoms with Crippen LogP contribution in [-0.4, -0.2) is 19.1 Å². The van der Waals surface area contributed by atoms with Gasteiger partial charge in [0.05, 0.1) is 13.2 Å². The summed E-state index contributed by atoms with van der Waals surface area (Å²) < 4.78 is 11.4. The number of ether oxygens (including phenoxy) is 2. The van der Waals surface area contributed by atoms with Crippen LogP contribution in [-0.2, 0) is 0 Å². The van der Waals surface area contributed by atoms with Crippen LogP contribution in [0.25, 0.3) is 0 Å². The zero-order valence-corrected chi connectivity index (χ0v) is 16.8. The molecule has 0 unspecified atom stereocenters. The summed E-state index contributed by atoms with van der Waals surface area (Å²) in [4.78, 5) is 12.5. The minimum Gasteiger partial charge on any atom is -0.494 e. The quantitative estimate of drug-likeness (QED) is 0.577. The molecule has 0 aliphatic rings. The summed E-state index contributed by atoms with van der Waals surface area (Å²) in [6.45, 7) is 10.0. The van der Waals surface area contributed by atoms with Gasteiger partial charge >= 0.3 is 0 Å². The predicted molar refractivity (Wildman–Crippen MR) is 111 cm³/mol. The first-order chi connectivity index (χ1) is 12.9. The Morgan fingerprint density at radius 3 is 2.04 bits per heavy atom. The van der Waals surface area contributed by atoms with E-state index >= 15 is 0 Å². The second-order valence-electron chi connectivity index (χ2n) is 7.57. The molecule has 2 rings (SSSR count). The molecular weight excluding hydrogens is 338 g/mol. The van der Waals surface area contributed by atoms with E-state index in [-0.39, 0.29) is 5.91 Å². The first-order valence-electron chi connectivity index (χ1n) is 9.71. The van der Waals surface area contributed by atoms with E-state index in [1.165, 1.54) is 0 Å². The Kier molecular flexibility index (Phi) is 8.18. The van der Waals surface area contributed by atoms with Gasteiger partial charge in [-0.05, 0) is 67.1 Å².